The highest BCUT2D eigenvalue weighted by Crippen LogP contribution is 2.35. The Labute approximate surface area is 124 Å². The van der Waals surface area contributed by atoms with Crippen molar-refractivity contribution in [3.8, 4) is 17.2 Å². The summed E-state index contributed by atoms with van der Waals surface area (Å²) in [7, 11) is 0. The van der Waals surface area contributed by atoms with Gasteiger partial charge in [0.05, 0.1) is 6.61 Å². The van der Waals surface area contributed by atoms with Gasteiger partial charge in [0.1, 0.15) is 17.2 Å². The van der Waals surface area contributed by atoms with Crippen LogP contribution in [0.5, 0.6) is 17.2 Å². The molecule has 1 aliphatic rings. The lowest BCUT2D eigenvalue weighted by molar-refractivity contribution is 0.245. The highest BCUT2D eigenvalue weighted by atomic mass is 16.5. The van der Waals surface area contributed by atoms with E-state index >= 15 is 0 Å². The molecule has 110 valence electrons. The fraction of sp³-hybridized carbons (Fsp3) is 0.294. The van der Waals surface area contributed by atoms with Gasteiger partial charge in [-0.2, -0.15) is 0 Å². The molecule has 0 aromatic heterocycles. The van der Waals surface area contributed by atoms with Gasteiger partial charge in [-0.3, -0.25) is 0 Å². The number of phenolic OH excluding ortho intramolecular Hbond substituents is 2. The second-order valence-corrected chi connectivity index (χ2v) is 5.36. The van der Waals surface area contributed by atoms with Crippen molar-refractivity contribution in [2.75, 3.05) is 6.61 Å². The van der Waals surface area contributed by atoms with E-state index < -0.39 is 0 Å². The van der Waals surface area contributed by atoms with Crippen molar-refractivity contribution in [1.82, 2.24) is 5.32 Å². The predicted molar refractivity (Wildman–Crippen MR) is 80.6 cm³/mol. The zero-order valence-electron chi connectivity index (χ0n) is 11.9. The normalized spacial score (nSPS) is 18.6. The van der Waals surface area contributed by atoms with E-state index in [1.54, 1.807) is 6.07 Å². The van der Waals surface area contributed by atoms with Crippen molar-refractivity contribution in [2.45, 2.75) is 25.4 Å². The number of para-hydroxylation sites is 1. The molecule has 0 amide bonds. The third-order valence-corrected chi connectivity index (χ3v) is 3.89. The van der Waals surface area contributed by atoms with Gasteiger partial charge in [-0.25, -0.2) is 0 Å². The van der Waals surface area contributed by atoms with Gasteiger partial charge in [-0.15, -0.1) is 0 Å². The zero-order valence-corrected chi connectivity index (χ0v) is 11.9. The predicted octanol–water partition coefficient (Wildman–Crippen LogP) is 3.27. The summed E-state index contributed by atoms with van der Waals surface area (Å²) >= 11 is 0. The largest absolute Gasteiger partial charge is 0.508 e. The van der Waals surface area contributed by atoms with Crippen molar-refractivity contribution in [2.24, 2.45) is 0 Å². The second-order valence-electron chi connectivity index (χ2n) is 5.36. The van der Waals surface area contributed by atoms with Crippen molar-refractivity contribution < 1.29 is 14.9 Å². The van der Waals surface area contributed by atoms with Gasteiger partial charge >= 0.3 is 0 Å². The maximum Gasteiger partial charge on any atom is 0.124 e. The van der Waals surface area contributed by atoms with Gasteiger partial charge in [0.15, 0.2) is 0 Å². The zero-order chi connectivity index (χ0) is 14.8. The van der Waals surface area contributed by atoms with E-state index in [4.69, 9.17) is 4.74 Å². The standard InChI is InChI=1S/C17H19NO3/c1-11(14-10-12(19)6-7-16(14)20)18-15-8-9-21-17-5-3-2-4-13(15)17/h2-7,10-11,15,18-20H,8-9H2,1H3. The summed E-state index contributed by atoms with van der Waals surface area (Å²) in [5, 5.41) is 23.1. The van der Waals surface area contributed by atoms with Crippen molar-refractivity contribution in [1.29, 1.82) is 0 Å². The van der Waals surface area contributed by atoms with Crippen molar-refractivity contribution in [3.05, 3.63) is 53.6 Å². The fourth-order valence-corrected chi connectivity index (χ4v) is 2.80. The summed E-state index contributed by atoms with van der Waals surface area (Å²) in [4.78, 5) is 0. The number of fused-ring (bicyclic) bond motifs is 1. The SMILES string of the molecule is CC(NC1CCOc2ccccc21)c1cc(O)ccc1O. The molecule has 3 N–H and O–H groups in total. The molecule has 4 nitrogen and oxygen atoms in total. The minimum Gasteiger partial charge on any atom is -0.508 e. The van der Waals surface area contributed by atoms with E-state index in [0.29, 0.717) is 12.2 Å². The molecule has 0 aliphatic carbocycles. The highest BCUT2D eigenvalue weighted by Gasteiger charge is 2.23. The maximum atomic E-state index is 9.95. The molecule has 0 spiro atoms. The number of benzene rings is 2. The van der Waals surface area contributed by atoms with Gasteiger partial charge in [0.2, 0.25) is 0 Å². The molecular weight excluding hydrogens is 266 g/mol. The molecule has 2 aromatic carbocycles. The molecule has 21 heavy (non-hydrogen) atoms. The highest BCUT2D eigenvalue weighted by molar-refractivity contribution is 5.41. The number of ether oxygens (including phenoxy) is 1. The van der Waals surface area contributed by atoms with E-state index in [0.717, 1.165) is 17.7 Å². The Balaban J connectivity index is 1.82. The lowest BCUT2D eigenvalue weighted by Crippen LogP contribution is -2.29. The number of nitrogens with one attached hydrogen (secondary N) is 1. The minimum absolute atomic E-state index is 0.0757. The maximum absolute atomic E-state index is 9.95. The van der Waals surface area contributed by atoms with Crippen LogP contribution in [0.15, 0.2) is 42.5 Å². The van der Waals surface area contributed by atoms with Crippen LogP contribution in [0.4, 0.5) is 0 Å². The molecule has 1 heterocycles. The first kappa shape index (κ1) is 13.8. The molecule has 1 aliphatic heterocycles. The topological polar surface area (TPSA) is 61.7 Å². The van der Waals surface area contributed by atoms with Crippen molar-refractivity contribution in [3.63, 3.8) is 0 Å². The van der Waals surface area contributed by atoms with Gasteiger partial charge in [0.25, 0.3) is 0 Å². The van der Waals surface area contributed by atoms with E-state index in [1.165, 1.54) is 12.1 Å². The Morgan fingerprint density at radius 3 is 2.86 bits per heavy atom. The smallest absolute Gasteiger partial charge is 0.124 e. The summed E-state index contributed by atoms with van der Waals surface area (Å²) in [5.41, 5.74) is 1.83. The molecule has 2 unspecified atom stereocenters. The van der Waals surface area contributed by atoms with Crippen LogP contribution in [0, 0.1) is 0 Å². The number of rotatable bonds is 3. The summed E-state index contributed by atoms with van der Waals surface area (Å²) < 4.78 is 5.65. The Kier molecular flexibility index (Phi) is 3.71. The van der Waals surface area contributed by atoms with E-state index in [2.05, 4.69) is 11.4 Å². The second kappa shape index (κ2) is 5.66. The Morgan fingerprint density at radius 2 is 2.00 bits per heavy atom. The Bertz CT molecular complexity index is 642. The van der Waals surface area contributed by atoms with Crippen LogP contribution >= 0.6 is 0 Å². The molecular formula is C17H19NO3. The van der Waals surface area contributed by atoms with Crippen LogP contribution in [0.25, 0.3) is 0 Å². The number of hydrogen-bond acceptors (Lipinski definition) is 4. The summed E-state index contributed by atoms with van der Waals surface area (Å²) in [5.74, 6) is 1.26. The van der Waals surface area contributed by atoms with Crippen LogP contribution in [-0.2, 0) is 0 Å². The van der Waals surface area contributed by atoms with E-state index in [1.807, 2.05) is 25.1 Å². The molecule has 4 heteroatoms. The fourth-order valence-electron chi connectivity index (χ4n) is 2.80. The first-order valence-electron chi connectivity index (χ1n) is 7.15. The molecule has 0 radical (unpaired) electrons. The molecule has 0 saturated carbocycles. The van der Waals surface area contributed by atoms with Crippen LogP contribution in [-0.4, -0.2) is 16.8 Å². The van der Waals surface area contributed by atoms with Gasteiger partial charge in [0, 0.05) is 29.6 Å². The van der Waals surface area contributed by atoms with Gasteiger partial charge in [-0.05, 0) is 31.2 Å². The molecule has 3 rings (SSSR count). The first-order chi connectivity index (χ1) is 10.1. The Hall–Kier alpha value is -2.20. The van der Waals surface area contributed by atoms with E-state index in [-0.39, 0.29) is 23.6 Å². The summed E-state index contributed by atoms with van der Waals surface area (Å²) in [6.45, 7) is 2.65. The average molecular weight is 285 g/mol. The van der Waals surface area contributed by atoms with Gasteiger partial charge in [-0.1, -0.05) is 18.2 Å². The number of hydrogen-bond donors (Lipinski definition) is 3. The molecule has 2 aromatic rings. The molecule has 2 atom stereocenters. The average Bonchev–Trinajstić information content (AvgIpc) is 2.50. The number of aromatic hydroxyl groups is 2. The quantitative estimate of drug-likeness (QED) is 0.757. The van der Waals surface area contributed by atoms with Crippen molar-refractivity contribution >= 4 is 0 Å². The first-order valence-corrected chi connectivity index (χ1v) is 7.15. The van der Waals surface area contributed by atoms with E-state index in [9.17, 15) is 10.2 Å². The molecule has 0 bridgehead atoms. The van der Waals surface area contributed by atoms with Crippen LogP contribution < -0.4 is 10.1 Å². The third kappa shape index (κ3) is 2.81. The van der Waals surface area contributed by atoms with Crippen LogP contribution in [0.2, 0.25) is 0 Å². The lowest BCUT2D eigenvalue weighted by Gasteiger charge is -2.29. The lowest BCUT2D eigenvalue weighted by atomic mass is 9.98. The summed E-state index contributed by atoms with van der Waals surface area (Å²) in [6.07, 6.45) is 0.876. The third-order valence-electron chi connectivity index (χ3n) is 3.89. The number of phenols is 2. The van der Waals surface area contributed by atoms with Crippen LogP contribution in [0.1, 0.15) is 36.6 Å². The monoisotopic (exact) mass is 285 g/mol. The molecule has 0 saturated heterocycles. The minimum atomic E-state index is -0.0757. The molecule has 0 fully saturated rings. The van der Waals surface area contributed by atoms with Crippen LogP contribution in [0.3, 0.4) is 0 Å². The summed E-state index contributed by atoms with van der Waals surface area (Å²) in [6, 6.07) is 12.7. The van der Waals surface area contributed by atoms with Gasteiger partial charge < -0.3 is 20.3 Å². The Morgan fingerprint density at radius 1 is 1.19 bits per heavy atom.